The van der Waals surface area contributed by atoms with E-state index in [1.165, 1.54) is 18.3 Å². The van der Waals surface area contributed by atoms with Gasteiger partial charge in [-0.25, -0.2) is 10.4 Å². The summed E-state index contributed by atoms with van der Waals surface area (Å²) in [5.41, 5.74) is 2.89. The summed E-state index contributed by atoms with van der Waals surface area (Å²) in [6.07, 6.45) is 2.46. The summed E-state index contributed by atoms with van der Waals surface area (Å²) in [4.78, 5) is 25.4. The molecule has 0 bridgehead atoms. The molecule has 2 aromatic rings. The van der Waals surface area contributed by atoms with Gasteiger partial charge in [0.15, 0.2) is 0 Å². The fourth-order valence-electron chi connectivity index (χ4n) is 1.57. The lowest BCUT2D eigenvalue weighted by Crippen LogP contribution is -2.18. The molecule has 1 heterocycles. The predicted octanol–water partition coefficient (Wildman–Crippen LogP) is 1.76. The molecule has 112 valence electrons. The lowest BCUT2D eigenvalue weighted by Gasteiger charge is -2.00. The number of nitro groups is 1. The molecule has 22 heavy (non-hydrogen) atoms. The summed E-state index contributed by atoms with van der Waals surface area (Å²) >= 11 is 0. The molecule has 0 atom stereocenters. The number of hydrogen-bond donors (Lipinski definition) is 1. The maximum Gasteiger partial charge on any atom is 0.289 e. The molecule has 1 aromatic carbocycles. The average Bonchev–Trinajstić information content (AvgIpc) is 2.55. The highest BCUT2D eigenvalue weighted by molar-refractivity contribution is 5.93. The lowest BCUT2D eigenvalue weighted by atomic mass is 10.2. The van der Waals surface area contributed by atoms with Crippen LogP contribution in [0.4, 0.5) is 5.69 Å². The van der Waals surface area contributed by atoms with Gasteiger partial charge in [-0.2, -0.15) is 5.10 Å². The van der Waals surface area contributed by atoms with Gasteiger partial charge in [-0.15, -0.1) is 0 Å². The molecule has 1 aromatic heterocycles. The minimum Gasteiger partial charge on any atom is -0.497 e. The number of amides is 1. The van der Waals surface area contributed by atoms with Crippen molar-refractivity contribution in [2.45, 2.75) is 0 Å². The van der Waals surface area contributed by atoms with Crippen LogP contribution >= 0.6 is 0 Å². The summed E-state index contributed by atoms with van der Waals surface area (Å²) in [6, 6.07) is 9.58. The Morgan fingerprint density at radius 3 is 2.86 bits per heavy atom. The van der Waals surface area contributed by atoms with Crippen LogP contribution in [0.5, 0.6) is 5.75 Å². The smallest absolute Gasteiger partial charge is 0.289 e. The van der Waals surface area contributed by atoms with Gasteiger partial charge >= 0.3 is 0 Å². The molecule has 0 unspecified atom stereocenters. The van der Waals surface area contributed by atoms with Crippen molar-refractivity contribution in [3.8, 4) is 5.75 Å². The van der Waals surface area contributed by atoms with E-state index in [0.29, 0.717) is 5.75 Å². The quantitative estimate of drug-likeness (QED) is 0.514. The maximum atomic E-state index is 11.8. The first-order chi connectivity index (χ1) is 10.6. The molecule has 0 aliphatic carbocycles. The molecular weight excluding hydrogens is 288 g/mol. The van der Waals surface area contributed by atoms with Crippen molar-refractivity contribution in [2.24, 2.45) is 5.10 Å². The molecule has 8 heteroatoms. The molecule has 0 saturated carbocycles. The number of ether oxygens (including phenoxy) is 1. The van der Waals surface area contributed by atoms with Crippen molar-refractivity contribution in [3.05, 3.63) is 64.0 Å². The second kappa shape index (κ2) is 6.93. The van der Waals surface area contributed by atoms with E-state index in [4.69, 9.17) is 4.74 Å². The Kier molecular flexibility index (Phi) is 4.76. The van der Waals surface area contributed by atoms with Gasteiger partial charge in [0.1, 0.15) is 17.6 Å². The number of nitrogens with one attached hydrogen (secondary N) is 1. The largest absolute Gasteiger partial charge is 0.497 e. The molecule has 8 nitrogen and oxygen atoms in total. The van der Waals surface area contributed by atoms with Gasteiger partial charge in [0.05, 0.1) is 18.2 Å². The first kappa shape index (κ1) is 15.1. The molecule has 2 rings (SSSR count). The first-order valence-electron chi connectivity index (χ1n) is 6.18. The van der Waals surface area contributed by atoms with E-state index in [1.807, 2.05) is 0 Å². The Labute approximate surface area is 125 Å². The third kappa shape index (κ3) is 3.85. The van der Waals surface area contributed by atoms with Crippen LogP contribution in [0.2, 0.25) is 0 Å². The van der Waals surface area contributed by atoms with Crippen molar-refractivity contribution in [2.75, 3.05) is 7.11 Å². The zero-order valence-electron chi connectivity index (χ0n) is 11.6. The summed E-state index contributed by atoms with van der Waals surface area (Å²) in [5.74, 6) is 0.112. The van der Waals surface area contributed by atoms with Gasteiger partial charge in [-0.05, 0) is 23.8 Å². The van der Waals surface area contributed by atoms with Crippen LogP contribution in [-0.2, 0) is 0 Å². The highest BCUT2D eigenvalue weighted by atomic mass is 16.6. The van der Waals surface area contributed by atoms with E-state index in [0.717, 1.165) is 11.8 Å². The first-order valence-corrected chi connectivity index (χ1v) is 6.18. The zero-order chi connectivity index (χ0) is 15.9. The van der Waals surface area contributed by atoms with Crippen molar-refractivity contribution in [1.29, 1.82) is 0 Å². The monoisotopic (exact) mass is 300 g/mol. The van der Waals surface area contributed by atoms with E-state index in [1.54, 1.807) is 31.4 Å². The van der Waals surface area contributed by atoms with Gasteiger partial charge in [0.2, 0.25) is 0 Å². The second-order valence-electron chi connectivity index (χ2n) is 4.13. The topological polar surface area (TPSA) is 107 Å². The predicted molar refractivity (Wildman–Crippen MR) is 78.9 cm³/mol. The van der Waals surface area contributed by atoms with Crippen molar-refractivity contribution in [3.63, 3.8) is 0 Å². The zero-order valence-corrected chi connectivity index (χ0v) is 11.6. The highest BCUT2D eigenvalue weighted by Gasteiger charge is 2.10. The molecule has 0 fully saturated rings. The van der Waals surface area contributed by atoms with Gasteiger partial charge in [0, 0.05) is 6.07 Å². The minimum absolute atomic E-state index is 0.0355. The summed E-state index contributed by atoms with van der Waals surface area (Å²) < 4.78 is 5.07. The van der Waals surface area contributed by atoms with Gasteiger partial charge < -0.3 is 4.74 Å². The third-order valence-electron chi connectivity index (χ3n) is 2.66. The van der Waals surface area contributed by atoms with Crippen LogP contribution in [-0.4, -0.2) is 29.1 Å². The standard InChI is InChI=1S/C14H12N4O4/c1-22-12-4-2-3-10(7-12)8-16-17-14(19)13-6-5-11(9-15-13)18(20)21/h2-9H,1H3,(H,17,19). The van der Waals surface area contributed by atoms with Crippen LogP contribution in [0.15, 0.2) is 47.7 Å². The van der Waals surface area contributed by atoms with Crippen LogP contribution in [0.3, 0.4) is 0 Å². The SMILES string of the molecule is COc1cccc(C=NNC(=O)c2ccc([N+](=O)[O-])cn2)c1. The Morgan fingerprint density at radius 1 is 1.41 bits per heavy atom. The van der Waals surface area contributed by atoms with E-state index in [2.05, 4.69) is 15.5 Å². The Morgan fingerprint density at radius 2 is 2.23 bits per heavy atom. The van der Waals surface area contributed by atoms with Gasteiger partial charge in [0.25, 0.3) is 11.6 Å². The van der Waals surface area contributed by atoms with Crippen molar-refractivity contribution in [1.82, 2.24) is 10.4 Å². The number of hydrogen-bond acceptors (Lipinski definition) is 6. The fourth-order valence-corrected chi connectivity index (χ4v) is 1.57. The van der Waals surface area contributed by atoms with Crippen LogP contribution in [0.25, 0.3) is 0 Å². The average molecular weight is 300 g/mol. The van der Waals surface area contributed by atoms with Gasteiger partial charge in [-0.1, -0.05) is 12.1 Å². The van der Waals surface area contributed by atoms with E-state index in [-0.39, 0.29) is 11.4 Å². The Balaban J connectivity index is 1.99. The molecular formula is C14H12N4O4. The number of carbonyl (C=O) groups is 1. The van der Waals surface area contributed by atoms with Crippen molar-refractivity contribution < 1.29 is 14.5 Å². The molecule has 1 N–H and O–H groups in total. The summed E-state index contributed by atoms with van der Waals surface area (Å²) in [7, 11) is 1.55. The van der Waals surface area contributed by atoms with Crippen LogP contribution in [0.1, 0.15) is 16.1 Å². The van der Waals surface area contributed by atoms with Crippen molar-refractivity contribution >= 4 is 17.8 Å². The van der Waals surface area contributed by atoms with Gasteiger partial charge in [-0.3, -0.25) is 14.9 Å². The number of carbonyl (C=O) groups excluding carboxylic acids is 1. The van der Waals surface area contributed by atoms with E-state index in [9.17, 15) is 14.9 Å². The maximum absolute atomic E-state index is 11.8. The number of aromatic nitrogens is 1. The molecule has 0 spiro atoms. The third-order valence-corrected chi connectivity index (χ3v) is 2.66. The Hall–Kier alpha value is -3.29. The molecule has 0 radical (unpaired) electrons. The fraction of sp³-hybridized carbons (Fsp3) is 0.0714. The number of pyridine rings is 1. The van der Waals surface area contributed by atoms with E-state index >= 15 is 0 Å². The van der Waals surface area contributed by atoms with E-state index < -0.39 is 10.8 Å². The molecule has 0 saturated heterocycles. The number of hydrazone groups is 1. The second-order valence-corrected chi connectivity index (χ2v) is 4.13. The van der Waals surface area contributed by atoms with Crippen LogP contribution in [0, 0.1) is 10.1 Å². The number of rotatable bonds is 5. The Bertz CT molecular complexity index is 713. The lowest BCUT2D eigenvalue weighted by molar-refractivity contribution is -0.385. The minimum atomic E-state index is -0.588. The number of benzene rings is 1. The summed E-state index contributed by atoms with van der Waals surface area (Å²) in [5, 5.41) is 14.3. The van der Waals surface area contributed by atoms with Crippen LogP contribution < -0.4 is 10.2 Å². The highest BCUT2D eigenvalue weighted by Crippen LogP contribution is 2.11. The number of nitrogens with zero attached hydrogens (tertiary/aromatic N) is 3. The summed E-state index contributed by atoms with van der Waals surface area (Å²) in [6.45, 7) is 0. The molecule has 1 amide bonds. The molecule has 0 aliphatic heterocycles. The number of methoxy groups -OCH3 is 1. The molecule has 0 aliphatic rings. The normalized spacial score (nSPS) is 10.4.